The second kappa shape index (κ2) is 20.1. The molecule has 1 atom stereocenters. The van der Waals surface area contributed by atoms with Crippen LogP contribution in [0.2, 0.25) is 0 Å². The van der Waals surface area contributed by atoms with Crippen molar-refractivity contribution in [2.24, 2.45) is 0 Å². The van der Waals surface area contributed by atoms with Crippen molar-refractivity contribution in [3.63, 3.8) is 0 Å². The molecule has 0 radical (unpaired) electrons. The molecular weight excluding hydrogens is 831 g/mol. The quantitative estimate of drug-likeness (QED) is 0.0827. The highest BCUT2D eigenvalue weighted by molar-refractivity contribution is 6.25. The number of nitrogens with one attached hydrogen (secondary N) is 3. The Morgan fingerprint density at radius 3 is 2.22 bits per heavy atom. The van der Waals surface area contributed by atoms with Crippen LogP contribution in [0.3, 0.4) is 0 Å². The number of nitriles is 1. The summed E-state index contributed by atoms with van der Waals surface area (Å²) in [6.45, 7) is 15.2. The molecule has 3 N–H and O–H groups in total. The average molecular weight is 888 g/mol. The molecule has 65 heavy (non-hydrogen) atoms. The van der Waals surface area contributed by atoms with Crippen LogP contribution < -0.4 is 15.5 Å². The van der Waals surface area contributed by atoms with Gasteiger partial charge in [-0.05, 0) is 66.8 Å². The molecule has 0 saturated carbocycles. The zero-order chi connectivity index (χ0) is 45.7. The second-order valence-corrected chi connectivity index (χ2v) is 17.3. The van der Waals surface area contributed by atoms with Crippen LogP contribution in [0.15, 0.2) is 48.5 Å². The van der Waals surface area contributed by atoms with Crippen LogP contribution in [-0.2, 0) is 40.4 Å². The van der Waals surface area contributed by atoms with Crippen molar-refractivity contribution in [3.05, 3.63) is 93.2 Å². The van der Waals surface area contributed by atoms with E-state index in [2.05, 4.69) is 64.4 Å². The van der Waals surface area contributed by atoms with E-state index >= 15 is 0 Å². The first-order chi connectivity index (χ1) is 31.5. The lowest BCUT2D eigenvalue weighted by atomic mass is 9.70. The number of aromatic nitrogens is 1. The van der Waals surface area contributed by atoms with Gasteiger partial charge in [0.15, 0.2) is 5.78 Å². The Balaban J connectivity index is 0.668. The number of rotatable bonds is 20. The fourth-order valence-electron chi connectivity index (χ4n) is 9.44. The predicted molar refractivity (Wildman–Crippen MR) is 243 cm³/mol. The first-order valence-electron chi connectivity index (χ1n) is 22.7. The third-order valence-electron chi connectivity index (χ3n) is 12.9. The van der Waals surface area contributed by atoms with Crippen LogP contribution in [0.4, 0.5) is 11.4 Å². The fraction of sp³-hybridized carbons (Fsp3) is 0.469. The lowest BCUT2D eigenvalue weighted by molar-refractivity contribution is -0.136. The summed E-state index contributed by atoms with van der Waals surface area (Å²) in [5, 5.41) is 15.7. The monoisotopic (exact) mass is 887 g/mol. The number of hydrogen-bond acceptors (Lipinski definition) is 13. The molecule has 1 aromatic heterocycles. The van der Waals surface area contributed by atoms with Gasteiger partial charge in [0.1, 0.15) is 6.04 Å². The van der Waals surface area contributed by atoms with Gasteiger partial charge in [0.25, 0.3) is 11.8 Å². The molecule has 8 rings (SSSR count). The van der Waals surface area contributed by atoms with Crippen molar-refractivity contribution in [2.75, 3.05) is 102 Å². The number of fused-ring (bicyclic) bond motifs is 5. The van der Waals surface area contributed by atoms with E-state index < -0.39 is 35.1 Å². The largest absolute Gasteiger partial charge is 0.382 e. The number of carbonyl (C=O) groups is 5. The molecule has 16 heteroatoms. The van der Waals surface area contributed by atoms with Crippen molar-refractivity contribution in [3.8, 4) is 6.07 Å². The zero-order valence-corrected chi connectivity index (χ0v) is 37.4. The van der Waals surface area contributed by atoms with Crippen LogP contribution >= 0.6 is 0 Å². The Hall–Kier alpha value is -5.96. The molecule has 3 aliphatic heterocycles. The van der Waals surface area contributed by atoms with Gasteiger partial charge in [-0.15, -0.1) is 0 Å². The molecule has 3 aromatic carbocycles. The van der Waals surface area contributed by atoms with E-state index in [4.69, 9.17) is 18.9 Å². The molecule has 1 unspecified atom stereocenters. The maximum atomic E-state index is 14.1. The van der Waals surface area contributed by atoms with Gasteiger partial charge in [-0.3, -0.25) is 39.1 Å². The van der Waals surface area contributed by atoms with Gasteiger partial charge in [0.05, 0.1) is 74.6 Å². The number of aromatic amines is 1. The number of aryl methyl sites for hydroxylation is 1. The molecule has 0 bridgehead atoms. The van der Waals surface area contributed by atoms with Gasteiger partial charge in [0.2, 0.25) is 11.8 Å². The summed E-state index contributed by atoms with van der Waals surface area (Å²) >= 11 is 0. The SMILES string of the molecule is CCc1cc2c(cc1N1CCN(CCCOCCOCCOCCOCCNc3cccc4c3C(=O)N(C3CCC(=O)NC3=O)C4=O)CC1)C(C)(C)c1[nH]c3cc(C#N)ccc3c1C2=O. The van der Waals surface area contributed by atoms with Crippen LogP contribution in [-0.4, -0.2) is 142 Å². The van der Waals surface area contributed by atoms with Crippen molar-refractivity contribution in [1.82, 2.24) is 20.1 Å². The smallest absolute Gasteiger partial charge is 0.264 e. The summed E-state index contributed by atoms with van der Waals surface area (Å²) in [5.41, 5.74) is 7.72. The van der Waals surface area contributed by atoms with E-state index in [1.807, 2.05) is 12.1 Å². The van der Waals surface area contributed by atoms with Crippen LogP contribution in [0.5, 0.6) is 0 Å². The summed E-state index contributed by atoms with van der Waals surface area (Å²) in [6, 6.07) is 16.0. The third-order valence-corrected chi connectivity index (χ3v) is 12.9. The molecule has 1 aliphatic carbocycles. The highest BCUT2D eigenvalue weighted by atomic mass is 16.6. The first-order valence-corrected chi connectivity index (χ1v) is 22.7. The van der Waals surface area contributed by atoms with Gasteiger partial charge in [-0.2, -0.15) is 5.26 Å². The maximum Gasteiger partial charge on any atom is 0.264 e. The molecular formula is C49H57N7O9. The number of piperidine rings is 1. The van der Waals surface area contributed by atoms with Crippen molar-refractivity contribution in [2.45, 2.75) is 57.9 Å². The number of imide groups is 2. The van der Waals surface area contributed by atoms with E-state index in [1.54, 1.807) is 24.3 Å². The second-order valence-electron chi connectivity index (χ2n) is 17.3. The Morgan fingerprint density at radius 2 is 1.52 bits per heavy atom. The molecule has 4 heterocycles. The topological polar surface area (TPSA) is 196 Å². The number of nitrogens with zero attached hydrogens (tertiary/aromatic N) is 4. The number of carbonyl (C=O) groups excluding carboxylic acids is 5. The number of amides is 4. The maximum absolute atomic E-state index is 14.1. The summed E-state index contributed by atoms with van der Waals surface area (Å²) in [5.74, 6) is -2.12. The number of ether oxygens (including phenoxy) is 4. The molecule has 342 valence electrons. The number of H-pyrrole nitrogens is 1. The summed E-state index contributed by atoms with van der Waals surface area (Å²) in [7, 11) is 0. The lowest BCUT2D eigenvalue weighted by Gasteiger charge is -2.39. The van der Waals surface area contributed by atoms with Crippen molar-refractivity contribution < 1.29 is 42.9 Å². The van der Waals surface area contributed by atoms with E-state index in [0.717, 1.165) is 83.8 Å². The highest BCUT2D eigenvalue weighted by Crippen LogP contribution is 2.46. The molecule has 0 spiro atoms. The van der Waals surface area contributed by atoms with Gasteiger partial charge in [0, 0.05) is 91.2 Å². The Kier molecular flexibility index (Phi) is 14.1. The van der Waals surface area contributed by atoms with Gasteiger partial charge >= 0.3 is 0 Å². The summed E-state index contributed by atoms with van der Waals surface area (Å²) < 4.78 is 22.8. The molecule has 4 amide bonds. The summed E-state index contributed by atoms with van der Waals surface area (Å²) in [6.07, 6.45) is 1.94. The van der Waals surface area contributed by atoms with Crippen molar-refractivity contribution in [1.29, 1.82) is 5.26 Å². The number of anilines is 2. The number of hydrogen-bond donors (Lipinski definition) is 3. The lowest BCUT2D eigenvalue weighted by Crippen LogP contribution is -2.54. The van der Waals surface area contributed by atoms with Gasteiger partial charge < -0.3 is 34.1 Å². The molecule has 2 saturated heterocycles. The molecule has 2 fully saturated rings. The third kappa shape index (κ3) is 9.43. The van der Waals surface area contributed by atoms with Crippen molar-refractivity contribution >= 4 is 51.7 Å². The van der Waals surface area contributed by atoms with E-state index in [1.165, 1.54) is 11.3 Å². The van der Waals surface area contributed by atoms with Crippen LogP contribution in [0, 0.1) is 11.3 Å². The Labute approximate surface area is 378 Å². The minimum absolute atomic E-state index is 0.0428. The molecule has 16 nitrogen and oxygen atoms in total. The van der Waals surface area contributed by atoms with E-state index in [9.17, 15) is 29.2 Å². The minimum Gasteiger partial charge on any atom is -0.382 e. The standard InChI is InChI=1S/C49H57N7O9/c1-4-32-28-35-36(49(2,3)45-43(44(35)58)33-10-9-31(30-50)27-38(33)52-45)29-40(32)55-17-15-54(16-18-55)14-6-19-62-21-23-64-25-26-65-24-22-63-20-13-51-37-8-5-7-34-42(37)48(61)56(47(34)60)39-11-12-41(57)53-46(39)59/h5,7-10,27-29,39,51-52H,4,6,11-26H2,1-3H3,(H,53,57,59). The average Bonchev–Trinajstić information content (AvgIpc) is 3.82. The van der Waals surface area contributed by atoms with Crippen LogP contribution in [0.25, 0.3) is 10.9 Å². The fourth-order valence-corrected chi connectivity index (χ4v) is 9.44. The van der Waals surface area contributed by atoms with Gasteiger partial charge in [-0.25, -0.2) is 0 Å². The number of piperazine rings is 1. The van der Waals surface area contributed by atoms with Crippen LogP contribution in [0.1, 0.15) is 99.1 Å². The number of benzene rings is 3. The van der Waals surface area contributed by atoms with Gasteiger partial charge in [-0.1, -0.05) is 32.9 Å². The Bertz CT molecular complexity index is 2520. The first kappa shape index (κ1) is 45.6. The highest BCUT2D eigenvalue weighted by Gasteiger charge is 2.46. The van der Waals surface area contributed by atoms with E-state index in [-0.39, 0.29) is 29.8 Å². The predicted octanol–water partition coefficient (Wildman–Crippen LogP) is 4.56. The minimum atomic E-state index is -1.01. The van der Waals surface area contributed by atoms with E-state index in [0.29, 0.717) is 70.7 Å². The molecule has 4 aromatic rings. The normalized spacial score (nSPS) is 18.2. The summed E-state index contributed by atoms with van der Waals surface area (Å²) in [4.78, 5) is 73.7. The zero-order valence-electron chi connectivity index (χ0n) is 37.4. The number of ketones is 1. The Morgan fingerprint density at radius 1 is 0.815 bits per heavy atom. The molecule has 4 aliphatic rings.